The summed E-state index contributed by atoms with van der Waals surface area (Å²) in [5, 5.41) is 0. The van der Waals surface area contributed by atoms with E-state index in [1.807, 2.05) is 0 Å². The summed E-state index contributed by atoms with van der Waals surface area (Å²) in [5.74, 6) is 0.717. The maximum absolute atomic E-state index is 2.37. The SMILES string of the molecule is Cc1ccc(C2=CC3=C(C2)C(C)CC=C3)cc1. The van der Waals surface area contributed by atoms with E-state index < -0.39 is 0 Å². The van der Waals surface area contributed by atoms with Gasteiger partial charge in [-0.05, 0) is 42.4 Å². The van der Waals surface area contributed by atoms with Crippen LogP contribution in [0, 0.1) is 12.8 Å². The van der Waals surface area contributed by atoms with Gasteiger partial charge in [0.15, 0.2) is 0 Å². The number of hydrogen-bond acceptors (Lipinski definition) is 0. The maximum Gasteiger partial charge on any atom is -0.00491 e. The van der Waals surface area contributed by atoms with Gasteiger partial charge in [0.2, 0.25) is 0 Å². The summed E-state index contributed by atoms with van der Waals surface area (Å²) in [6.45, 7) is 4.48. The van der Waals surface area contributed by atoms with Crippen LogP contribution in [-0.2, 0) is 0 Å². The molecule has 1 atom stereocenters. The van der Waals surface area contributed by atoms with E-state index in [2.05, 4.69) is 56.3 Å². The van der Waals surface area contributed by atoms with Crippen LogP contribution in [0.1, 0.15) is 30.9 Å². The Labute approximate surface area is 103 Å². The molecular weight excluding hydrogens is 204 g/mol. The summed E-state index contributed by atoms with van der Waals surface area (Å²) >= 11 is 0. The summed E-state index contributed by atoms with van der Waals surface area (Å²) in [6, 6.07) is 8.89. The van der Waals surface area contributed by atoms with Gasteiger partial charge in [-0.3, -0.25) is 0 Å². The topological polar surface area (TPSA) is 0 Å². The summed E-state index contributed by atoms with van der Waals surface area (Å²) in [7, 11) is 0. The van der Waals surface area contributed by atoms with E-state index in [-0.39, 0.29) is 0 Å². The fraction of sp³-hybridized carbons (Fsp3) is 0.294. The van der Waals surface area contributed by atoms with Crippen LogP contribution < -0.4 is 0 Å². The predicted molar refractivity (Wildman–Crippen MR) is 73.7 cm³/mol. The van der Waals surface area contributed by atoms with Gasteiger partial charge in [0, 0.05) is 0 Å². The molecule has 0 amide bonds. The molecule has 2 aliphatic carbocycles. The normalized spacial score (nSPS) is 22.7. The third-order valence-electron chi connectivity index (χ3n) is 3.89. The standard InChI is InChI=1S/C17H18/c1-12-6-8-14(9-7-12)16-10-15-5-3-4-13(2)17(15)11-16/h3,5-10,13H,4,11H2,1-2H3. The van der Waals surface area contributed by atoms with Crippen LogP contribution in [0.5, 0.6) is 0 Å². The van der Waals surface area contributed by atoms with E-state index in [9.17, 15) is 0 Å². The molecule has 2 aliphatic rings. The van der Waals surface area contributed by atoms with Crippen LogP contribution in [0.3, 0.4) is 0 Å². The lowest BCUT2D eigenvalue weighted by molar-refractivity contribution is 0.672. The molecule has 0 aromatic heterocycles. The molecule has 86 valence electrons. The Balaban J connectivity index is 1.90. The van der Waals surface area contributed by atoms with Crippen molar-refractivity contribution < 1.29 is 0 Å². The summed E-state index contributed by atoms with van der Waals surface area (Å²) in [4.78, 5) is 0. The Morgan fingerprint density at radius 2 is 1.88 bits per heavy atom. The van der Waals surface area contributed by atoms with Crippen LogP contribution in [-0.4, -0.2) is 0 Å². The van der Waals surface area contributed by atoms with Crippen molar-refractivity contribution in [1.29, 1.82) is 0 Å². The van der Waals surface area contributed by atoms with E-state index in [1.54, 1.807) is 5.57 Å². The van der Waals surface area contributed by atoms with Gasteiger partial charge in [-0.1, -0.05) is 60.6 Å². The molecule has 0 aliphatic heterocycles. The van der Waals surface area contributed by atoms with Crippen molar-refractivity contribution >= 4 is 5.57 Å². The average Bonchev–Trinajstić information content (AvgIpc) is 2.75. The molecule has 1 aromatic rings. The quantitative estimate of drug-likeness (QED) is 0.647. The molecule has 0 heteroatoms. The molecule has 0 fully saturated rings. The first-order chi connectivity index (χ1) is 8.24. The van der Waals surface area contributed by atoms with Gasteiger partial charge in [0.05, 0.1) is 0 Å². The van der Waals surface area contributed by atoms with Gasteiger partial charge in [-0.25, -0.2) is 0 Å². The molecule has 0 N–H and O–H groups in total. The van der Waals surface area contributed by atoms with E-state index in [4.69, 9.17) is 0 Å². The molecule has 0 saturated heterocycles. The molecule has 1 unspecified atom stereocenters. The number of benzene rings is 1. The third kappa shape index (κ3) is 1.88. The molecule has 17 heavy (non-hydrogen) atoms. The monoisotopic (exact) mass is 222 g/mol. The first kappa shape index (κ1) is 10.6. The Morgan fingerprint density at radius 1 is 1.12 bits per heavy atom. The fourth-order valence-corrected chi connectivity index (χ4v) is 2.75. The summed E-state index contributed by atoms with van der Waals surface area (Å²) in [5.41, 5.74) is 7.28. The van der Waals surface area contributed by atoms with Gasteiger partial charge < -0.3 is 0 Å². The van der Waals surface area contributed by atoms with E-state index in [0.717, 1.165) is 6.42 Å². The van der Waals surface area contributed by atoms with Gasteiger partial charge in [0.25, 0.3) is 0 Å². The Morgan fingerprint density at radius 3 is 2.59 bits per heavy atom. The van der Waals surface area contributed by atoms with Gasteiger partial charge in [-0.15, -0.1) is 0 Å². The molecule has 0 radical (unpaired) electrons. The Hall–Kier alpha value is -1.56. The predicted octanol–water partition coefficient (Wildman–Crippen LogP) is 4.67. The largest absolute Gasteiger partial charge is 0.0834 e. The zero-order valence-corrected chi connectivity index (χ0v) is 10.5. The molecule has 1 aromatic carbocycles. The molecular formula is C17H18. The molecule has 0 saturated carbocycles. The Kier molecular flexibility index (Phi) is 2.51. The van der Waals surface area contributed by atoms with Gasteiger partial charge in [-0.2, -0.15) is 0 Å². The fourth-order valence-electron chi connectivity index (χ4n) is 2.75. The first-order valence-electron chi connectivity index (χ1n) is 6.41. The number of rotatable bonds is 1. The van der Waals surface area contributed by atoms with E-state index in [0.29, 0.717) is 5.92 Å². The maximum atomic E-state index is 2.37. The van der Waals surface area contributed by atoms with Crippen LogP contribution in [0.25, 0.3) is 5.57 Å². The minimum absolute atomic E-state index is 0.717. The smallest absolute Gasteiger partial charge is 0.00491 e. The Bertz CT molecular complexity index is 524. The van der Waals surface area contributed by atoms with Crippen molar-refractivity contribution in [3.8, 4) is 0 Å². The van der Waals surface area contributed by atoms with E-state index >= 15 is 0 Å². The van der Waals surface area contributed by atoms with Crippen molar-refractivity contribution in [2.24, 2.45) is 5.92 Å². The van der Waals surface area contributed by atoms with Crippen LogP contribution in [0.2, 0.25) is 0 Å². The van der Waals surface area contributed by atoms with Crippen molar-refractivity contribution in [1.82, 2.24) is 0 Å². The second-order valence-electron chi connectivity index (χ2n) is 5.23. The van der Waals surface area contributed by atoms with Crippen molar-refractivity contribution in [3.05, 3.63) is 64.8 Å². The van der Waals surface area contributed by atoms with Crippen LogP contribution >= 0.6 is 0 Å². The number of aryl methyl sites for hydroxylation is 1. The lowest BCUT2D eigenvalue weighted by Gasteiger charge is -2.16. The van der Waals surface area contributed by atoms with Crippen molar-refractivity contribution in [2.75, 3.05) is 0 Å². The zero-order valence-electron chi connectivity index (χ0n) is 10.5. The summed E-state index contributed by atoms with van der Waals surface area (Å²) in [6.07, 6.45) is 9.30. The molecule has 3 rings (SSSR count). The first-order valence-corrected chi connectivity index (χ1v) is 6.41. The number of hydrogen-bond donors (Lipinski definition) is 0. The highest BCUT2D eigenvalue weighted by molar-refractivity contribution is 5.76. The van der Waals surface area contributed by atoms with Crippen LogP contribution in [0.4, 0.5) is 0 Å². The van der Waals surface area contributed by atoms with Gasteiger partial charge >= 0.3 is 0 Å². The highest BCUT2D eigenvalue weighted by Crippen LogP contribution is 2.40. The number of allylic oxidation sites excluding steroid dienone is 6. The summed E-state index contributed by atoms with van der Waals surface area (Å²) < 4.78 is 0. The highest BCUT2D eigenvalue weighted by atomic mass is 14.3. The minimum atomic E-state index is 0.717. The highest BCUT2D eigenvalue weighted by Gasteiger charge is 2.21. The lowest BCUT2D eigenvalue weighted by Crippen LogP contribution is -2.01. The molecule has 0 nitrogen and oxygen atoms in total. The lowest BCUT2D eigenvalue weighted by atomic mass is 9.88. The van der Waals surface area contributed by atoms with Crippen molar-refractivity contribution in [3.63, 3.8) is 0 Å². The molecule has 0 heterocycles. The molecule has 0 spiro atoms. The second kappa shape index (κ2) is 4.03. The minimum Gasteiger partial charge on any atom is -0.0834 e. The second-order valence-corrected chi connectivity index (χ2v) is 5.23. The van der Waals surface area contributed by atoms with Crippen LogP contribution in [0.15, 0.2) is 53.6 Å². The zero-order chi connectivity index (χ0) is 11.8. The van der Waals surface area contributed by atoms with Gasteiger partial charge in [0.1, 0.15) is 0 Å². The third-order valence-corrected chi connectivity index (χ3v) is 3.89. The van der Waals surface area contributed by atoms with E-state index in [1.165, 1.54) is 28.7 Å². The average molecular weight is 222 g/mol. The van der Waals surface area contributed by atoms with Crippen molar-refractivity contribution in [2.45, 2.75) is 26.7 Å². The molecule has 0 bridgehead atoms.